The molecule has 0 aliphatic heterocycles. The quantitative estimate of drug-likeness (QED) is 0.537. The maximum absolute atomic E-state index is 13.7. The SMILES string of the molecule is CC1CC(F)C2CC(C)CCC2C1. The zero-order chi connectivity index (χ0) is 9.42. The Morgan fingerprint density at radius 2 is 1.69 bits per heavy atom. The van der Waals surface area contributed by atoms with Gasteiger partial charge in [-0.1, -0.05) is 20.3 Å². The van der Waals surface area contributed by atoms with Gasteiger partial charge in [0, 0.05) is 0 Å². The molecule has 0 aromatic heterocycles. The van der Waals surface area contributed by atoms with Crippen LogP contribution in [0.4, 0.5) is 4.39 Å². The molecule has 5 atom stereocenters. The van der Waals surface area contributed by atoms with Crippen molar-refractivity contribution in [1.82, 2.24) is 0 Å². The van der Waals surface area contributed by atoms with Crippen LogP contribution in [0, 0.1) is 23.7 Å². The van der Waals surface area contributed by atoms with Crippen LogP contribution in [0.1, 0.15) is 46.0 Å². The van der Waals surface area contributed by atoms with Gasteiger partial charge in [-0.2, -0.15) is 0 Å². The highest BCUT2D eigenvalue weighted by Crippen LogP contribution is 2.45. The molecule has 0 bridgehead atoms. The van der Waals surface area contributed by atoms with Crippen LogP contribution in [0.25, 0.3) is 0 Å². The first kappa shape index (κ1) is 9.48. The molecule has 13 heavy (non-hydrogen) atoms. The zero-order valence-corrected chi connectivity index (χ0v) is 8.80. The molecule has 5 unspecified atom stereocenters. The first-order valence-corrected chi connectivity index (χ1v) is 5.81. The Kier molecular flexibility index (Phi) is 2.62. The molecule has 0 N–H and O–H groups in total. The summed E-state index contributed by atoms with van der Waals surface area (Å²) in [6, 6.07) is 0. The van der Waals surface area contributed by atoms with Crippen molar-refractivity contribution >= 4 is 0 Å². The van der Waals surface area contributed by atoms with Crippen molar-refractivity contribution in [2.45, 2.75) is 52.1 Å². The highest BCUT2D eigenvalue weighted by Gasteiger charge is 2.39. The minimum absolute atomic E-state index is 0.417. The Labute approximate surface area is 80.9 Å². The number of hydrogen-bond donors (Lipinski definition) is 0. The van der Waals surface area contributed by atoms with Crippen LogP contribution in [0.15, 0.2) is 0 Å². The number of halogens is 1. The van der Waals surface area contributed by atoms with Gasteiger partial charge in [-0.3, -0.25) is 0 Å². The fourth-order valence-corrected chi connectivity index (χ4v) is 3.40. The molecule has 0 saturated heterocycles. The molecule has 0 heterocycles. The summed E-state index contributed by atoms with van der Waals surface area (Å²) in [7, 11) is 0. The van der Waals surface area contributed by atoms with Gasteiger partial charge in [0.15, 0.2) is 0 Å². The average molecular weight is 184 g/mol. The Hall–Kier alpha value is -0.0700. The molecule has 2 rings (SSSR count). The summed E-state index contributed by atoms with van der Waals surface area (Å²) in [5.74, 6) is 2.53. The van der Waals surface area contributed by atoms with Crippen molar-refractivity contribution < 1.29 is 4.39 Å². The third-order valence-electron chi connectivity index (χ3n) is 4.11. The molecule has 0 spiro atoms. The molecule has 2 aliphatic carbocycles. The lowest BCUT2D eigenvalue weighted by molar-refractivity contribution is 0.0289. The fourth-order valence-electron chi connectivity index (χ4n) is 3.40. The lowest BCUT2D eigenvalue weighted by Crippen LogP contribution is -2.37. The topological polar surface area (TPSA) is 0 Å². The van der Waals surface area contributed by atoms with Gasteiger partial charge in [-0.25, -0.2) is 4.39 Å². The van der Waals surface area contributed by atoms with Gasteiger partial charge < -0.3 is 0 Å². The van der Waals surface area contributed by atoms with Crippen LogP contribution in [0.3, 0.4) is 0 Å². The molecule has 0 amide bonds. The second-order valence-corrected chi connectivity index (χ2v) is 5.43. The highest BCUT2D eigenvalue weighted by atomic mass is 19.1. The molecular formula is C12H21F. The second kappa shape index (κ2) is 3.59. The van der Waals surface area contributed by atoms with E-state index >= 15 is 0 Å². The Bertz CT molecular complexity index is 178. The van der Waals surface area contributed by atoms with Crippen molar-refractivity contribution in [3.8, 4) is 0 Å². The van der Waals surface area contributed by atoms with Crippen molar-refractivity contribution in [1.29, 1.82) is 0 Å². The lowest BCUT2D eigenvalue weighted by atomic mass is 9.65. The summed E-state index contributed by atoms with van der Waals surface area (Å²) in [6.45, 7) is 4.49. The standard InChI is InChI=1S/C12H21F/c1-8-3-4-10-5-9(2)7-12(13)11(10)6-8/h8-12H,3-7H2,1-2H3. The van der Waals surface area contributed by atoms with Crippen LogP contribution < -0.4 is 0 Å². The third kappa shape index (κ3) is 1.89. The first-order valence-electron chi connectivity index (χ1n) is 5.81. The molecule has 2 fully saturated rings. The third-order valence-corrected chi connectivity index (χ3v) is 4.11. The maximum Gasteiger partial charge on any atom is 0.103 e. The molecule has 2 saturated carbocycles. The molecule has 2 aliphatic rings. The van der Waals surface area contributed by atoms with Crippen molar-refractivity contribution in [2.75, 3.05) is 0 Å². The summed E-state index contributed by atoms with van der Waals surface area (Å²) < 4.78 is 13.7. The summed E-state index contributed by atoms with van der Waals surface area (Å²) in [5.41, 5.74) is 0. The van der Waals surface area contributed by atoms with Gasteiger partial charge >= 0.3 is 0 Å². The molecule has 1 heteroatoms. The van der Waals surface area contributed by atoms with Crippen molar-refractivity contribution in [3.63, 3.8) is 0 Å². The van der Waals surface area contributed by atoms with Crippen LogP contribution in [-0.2, 0) is 0 Å². The zero-order valence-electron chi connectivity index (χ0n) is 8.80. The average Bonchev–Trinajstić information content (AvgIpc) is 2.06. The van der Waals surface area contributed by atoms with Gasteiger partial charge in [0.1, 0.15) is 6.17 Å². The molecule has 76 valence electrons. The number of hydrogen-bond acceptors (Lipinski definition) is 0. The van der Waals surface area contributed by atoms with Crippen LogP contribution in [0.5, 0.6) is 0 Å². The number of rotatable bonds is 0. The van der Waals surface area contributed by atoms with Gasteiger partial charge in [0.05, 0.1) is 0 Å². The van der Waals surface area contributed by atoms with E-state index in [2.05, 4.69) is 13.8 Å². The minimum Gasteiger partial charge on any atom is -0.247 e. The van der Waals surface area contributed by atoms with E-state index in [0.29, 0.717) is 11.8 Å². The molecule has 0 aromatic carbocycles. The van der Waals surface area contributed by atoms with Gasteiger partial charge in [0.2, 0.25) is 0 Å². The highest BCUT2D eigenvalue weighted by molar-refractivity contribution is 4.89. The first-order chi connectivity index (χ1) is 6.16. The van der Waals surface area contributed by atoms with E-state index in [0.717, 1.165) is 24.7 Å². The normalized spacial score (nSPS) is 51.5. The van der Waals surface area contributed by atoms with Crippen molar-refractivity contribution in [3.05, 3.63) is 0 Å². The minimum atomic E-state index is -0.489. The Morgan fingerprint density at radius 1 is 0.923 bits per heavy atom. The van der Waals surface area contributed by atoms with Gasteiger partial charge in [-0.05, 0) is 49.4 Å². The van der Waals surface area contributed by atoms with Crippen LogP contribution in [-0.4, -0.2) is 6.17 Å². The Morgan fingerprint density at radius 3 is 2.46 bits per heavy atom. The van der Waals surface area contributed by atoms with Gasteiger partial charge in [-0.15, -0.1) is 0 Å². The van der Waals surface area contributed by atoms with E-state index < -0.39 is 6.17 Å². The largest absolute Gasteiger partial charge is 0.247 e. The monoisotopic (exact) mass is 184 g/mol. The molecule has 0 radical (unpaired) electrons. The summed E-state index contributed by atoms with van der Waals surface area (Å²) in [4.78, 5) is 0. The van der Waals surface area contributed by atoms with E-state index in [1.807, 2.05) is 0 Å². The second-order valence-electron chi connectivity index (χ2n) is 5.43. The van der Waals surface area contributed by atoms with E-state index in [1.54, 1.807) is 0 Å². The van der Waals surface area contributed by atoms with E-state index in [1.165, 1.54) is 19.3 Å². The number of alkyl halides is 1. The summed E-state index contributed by atoms with van der Waals surface area (Å²) in [6.07, 6.45) is 5.40. The molecule has 0 aromatic rings. The maximum atomic E-state index is 13.7. The molecular weight excluding hydrogens is 163 g/mol. The van der Waals surface area contributed by atoms with E-state index in [4.69, 9.17) is 0 Å². The predicted molar refractivity (Wildman–Crippen MR) is 53.3 cm³/mol. The predicted octanol–water partition coefficient (Wildman–Crippen LogP) is 3.81. The van der Waals surface area contributed by atoms with Crippen LogP contribution in [0.2, 0.25) is 0 Å². The smallest absolute Gasteiger partial charge is 0.103 e. The van der Waals surface area contributed by atoms with Crippen molar-refractivity contribution in [2.24, 2.45) is 23.7 Å². The summed E-state index contributed by atoms with van der Waals surface area (Å²) in [5, 5.41) is 0. The van der Waals surface area contributed by atoms with E-state index in [9.17, 15) is 4.39 Å². The summed E-state index contributed by atoms with van der Waals surface area (Å²) >= 11 is 0. The molecule has 0 nitrogen and oxygen atoms in total. The van der Waals surface area contributed by atoms with Gasteiger partial charge in [0.25, 0.3) is 0 Å². The number of fused-ring (bicyclic) bond motifs is 1. The fraction of sp³-hybridized carbons (Fsp3) is 1.00. The Balaban J connectivity index is 2.02. The van der Waals surface area contributed by atoms with Crippen LogP contribution >= 0.6 is 0 Å². The van der Waals surface area contributed by atoms with E-state index in [-0.39, 0.29) is 0 Å². The lowest BCUT2D eigenvalue weighted by Gasteiger charge is -2.42.